The summed E-state index contributed by atoms with van der Waals surface area (Å²) in [5, 5.41) is 2.85. The van der Waals surface area contributed by atoms with Crippen LogP contribution in [0.4, 0.5) is 10.1 Å². The van der Waals surface area contributed by atoms with E-state index in [1.165, 1.54) is 18.2 Å². The summed E-state index contributed by atoms with van der Waals surface area (Å²) in [4.78, 5) is 11.0. The molecule has 0 aliphatic carbocycles. The largest absolute Gasteiger partial charge is 0.451 e. The smallest absolute Gasteiger partial charge is 0.248 e. The van der Waals surface area contributed by atoms with Crippen molar-refractivity contribution in [3.63, 3.8) is 0 Å². The second kappa shape index (κ2) is 5.75. The normalized spacial score (nSPS) is 10.5. The highest BCUT2D eigenvalue weighted by atomic mass is 79.9. The zero-order valence-electron chi connectivity index (χ0n) is 9.54. The minimum atomic E-state index is -0.605. The van der Waals surface area contributed by atoms with E-state index in [0.717, 1.165) is 4.47 Å². The maximum Gasteiger partial charge on any atom is 0.248 e. The van der Waals surface area contributed by atoms with Gasteiger partial charge >= 0.3 is 0 Å². The Kier molecular flexibility index (Phi) is 4.26. The summed E-state index contributed by atoms with van der Waals surface area (Å²) in [7, 11) is 0. The Labute approximate surface area is 125 Å². The monoisotopic (exact) mass is 390 g/mol. The Bertz CT molecular complexity index is 609. The van der Waals surface area contributed by atoms with E-state index in [1.54, 1.807) is 6.07 Å². The fourth-order valence-corrected chi connectivity index (χ4v) is 2.13. The number of nitrogens with two attached hydrogens (primary N) is 1. The minimum absolute atomic E-state index is 0.194. The average Bonchev–Trinajstić information content (AvgIpc) is 2.67. The molecule has 0 saturated heterocycles. The number of hydrogen-bond donors (Lipinski definition) is 2. The van der Waals surface area contributed by atoms with Crippen LogP contribution in [-0.2, 0) is 6.54 Å². The number of primary amides is 1. The number of nitrogens with one attached hydrogen (secondary N) is 1. The van der Waals surface area contributed by atoms with E-state index in [4.69, 9.17) is 10.2 Å². The topological polar surface area (TPSA) is 68.3 Å². The molecule has 2 rings (SSSR count). The van der Waals surface area contributed by atoms with Crippen molar-refractivity contribution >= 4 is 43.5 Å². The Morgan fingerprint density at radius 1 is 1.37 bits per heavy atom. The molecule has 0 bridgehead atoms. The van der Waals surface area contributed by atoms with Crippen LogP contribution >= 0.6 is 31.9 Å². The van der Waals surface area contributed by atoms with Crippen LogP contribution in [0.15, 0.2) is 37.8 Å². The predicted octanol–water partition coefficient (Wildman–Crippen LogP) is 3.65. The molecule has 3 N–H and O–H groups in total. The lowest BCUT2D eigenvalue weighted by Gasteiger charge is -2.07. The summed E-state index contributed by atoms with van der Waals surface area (Å²) >= 11 is 6.49. The van der Waals surface area contributed by atoms with Gasteiger partial charge in [0.1, 0.15) is 11.6 Å². The molecule has 0 spiro atoms. The van der Waals surface area contributed by atoms with Gasteiger partial charge in [-0.05, 0) is 56.1 Å². The lowest BCUT2D eigenvalue weighted by Crippen LogP contribution is -2.12. The minimum Gasteiger partial charge on any atom is -0.451 e. The highest BCUT2D eigenvalue weighted by Gasteiger charge is 2.09. The maximum atomic E-state index is 13.6. The van der Waals surface area contributed by atoms with Crippen molar-refractivity contribution in [3.05, 3.63) is 50.5 Å². The lowest BCUT2D eigenvalue weighted by atomic mass is 10.2. The number of rotatable bonds is 4. The van der Waals surface area contributed by atoms with Crippen molar-refractivity contribution in [1.29, 1.82) is 0 Å². The number of hydrogen-bond acceptors (Lipinski definition) is 3. The van der Waals surface area contributed by atoms with E-state index < -0.39 is 11.7 Å². The van der Waals surface area contributed by atoms with Gasteiger partial charge in [-0.3, -0.25) is 4.79 Å². The molecule has 4 nitrogen and oxygen atoms in total. The molecule has 0 aliphatic rings. The van der Waals surface area contributed by atoms with Crippen molar-refractivity contribution in [2.24, 2.45) is 5.73 Å². The number of halogens is 3. The van der Waals surface area contributed by atoms with Gasteiger partial charge in [-0.25, -0.2) is 4.39 Å². The number of carbonyl (C=O) groups excluding carboxylic acids is 1. The van der Waals surface area contributed by atoms with Crippen LogP contribution in [0.3, 0.4) is 0 Å². The third-order valence-corrected chi connectivity index (χ3v) is 4.11. The fourth-order valence-electron chi connectivity index (χ4n) is 1.47. The SMILES string of the molecule is NC(=O)c1ccc(F)c(NCc2cc(Br)c(Br)o2)c1. The van der Waals surface area contributed by atoms with Crippen LogP contribution < -0.4 is 11.1 Å². The number of anilines is 1. The van der Waals surface area contributed by atoms with E-state index in [1.807, 2.05) is 0 Å². The highest BCUT2D eigenvalue weighted by molar-refractivity contribution is 9.13. The third-order valence-electron chi connectivity index (χ3n) is 2.40. The molecule has 0 atom stereocenters. The van der Waals surface area contributed by atoms with Crippen LogP contribution in [0, 0.1) is 5.82 Å². The molecule has 0 saturated carbocycles. The molecule has 100 valence electrons. The molecule has 0 aliphatic heterocycles. The van der Waals surface area contributed by atoms with Gasteiger partial charge in [-0.15, -0.1) is 0 Å². The fraction of sp³-hybridized carbons (Fsp3) is 0.0833. The van der Waals surface area contributed by atoms with Gasteiger partial charge in [-0.1, -0.05) is 0 Å². The first-order valence-corrected chi connectivity index (χ1v) is 6.83. The van der Waals surface area contributed by atoms with Crippen LogP contribution in [0.5, 0.6) is 0 Å². The first-order chi connectivity index (χ1) is 8.97. The lowest BCUT2D eigenvalue weighted by molar-refractivity contribution is 0.100. The van der Waals surface area contributed by atoms with Crippen molar-refractivity contribution < 1.29 is 13.6 Å². The summed E-state index contributed by atoms with van der Waals surface area (Å²) in [5.41, 5.74) is 5.58. The molecule has 2 aromatic rings. The van der Waals surface area contributed by atoms with Gasteiger partial charge in [-0.2, -0.15) is 0 Å². The molecular weight excluding hydrogens is 383 g/mol. The summed E-state index contributed by atoms with van der Waals surface area (Å²) < 4.78 is 20.2. The Morgan fingerprint density at radius 3 is 2.68 bits per heavy atom. The first-order valence-electron chi connectivity index (χ1n) is 5.24. The third kappa shape index (κ3) is 3.36. The zero-order chi connectivity index (χ0) is 14.0. The van der Waals surface area contributed by atoms with Gasteiger partial charge < -0.3 is 15.5 Å². The molecule has 0 unspecified atom stereocenters. The maximum absolute atomic E-state index is 13.6. The van der Waals surface area contributed by atoms with Crippen LogP contribution in [0.2, 0.25) is 0 Å². The van der Waals surface area contributed by atoms with Crippen molar-refractivity contribution in [2.45, 2.75) is 6.54 Å². The van der Waals surface area contributed by atoms with E-state index in [9.17, 15) is 9.18 Å². The molecule has 7 heteroatoms. The van der Waals surface area contributed by atoms with E-state index in [0.29, 0.717) is 10.4 Å². The number of benzene rings is 1. The summed E-state index contributed by atoms with van der Waals surface area (Å²) in [6.45, 7) is 0.281. The molecule has 1 aromatic carbocycles. The number of amides is 1. The van der Waals surface area contributed by atoms with Crippen LogP contribution in [-0.4, -0.2) is 5.91 Å². The summed E-state index contributed by atoms with van der Waals surface area (Å²) in [6.07, 6.45) is 0. The van der Waals surface area contributed by atoms with Gasteiger partial charge in [0.2, 0.25) is 5.91 Å². The quantitative estimate of drug-likeness (QED) is 0.835. The molecule has 1 aromatic heterocycles. The first kappa shape index (κ1) is 14.1. The Balaban J connectivity index is 2.14. The van der Waals surface area contributed by atoms with E-state index in [2.05, 4.69) is 37.2 Å². The molecule has 0 fully saturated rings. The molecular formula is C12H9Br2FN2O2. The van der Waals surface area contributed by atoms with Crippen molar-refractivity contribution in [1.82, 2.24) is 0 Å². The summed E-state index contributed by atoms with van der Waals surface area (Å²) in [5.74, 6) is -0.455. The van der Waals surface area contributed by atoms with Crippen molar-refractivity contribution in [3.8, 4) is 0 Å². The van der Waals surface area contributed by atoms with Gasteiger partial charge in [0.25, 0.3) is 0 Å². The zero-order valence-corrected chi connectivity index (χ0v) is 12.7. The van der Waals surface area contributed by atoms with Crippen molar-refractivity contribution in [2.75, 3.05) is 5.32 Å². The molecule has 19 heavy (non-hydrogen) atoms. The highest BCUT2D eigenvalue weighted by Crippen LogP contribution is 2.27. The standard InChI is InChI=1S/C12H9Br2FN2O2/c13-8-4-7(19-11(8)14)5-17-10-3-6(12(16)18)1-2-9(10)15/h1-4,17H,5H2,(H2,16,18). The van der Waals surface area contributed by atoms with E-state index in [-0.39, 0.29) is 17.8 Å². The second-order valence-electron chi connectivity index (χ2n) is 3.75. The summed E-state index contributed by atoms with van der Waals surface area (Å²) in [6, 6.07) is 5.65. The molecule has 1 amide bonds. The molecule has 1 heterocycles. The van der Waals surface area contributed by atoms with Gasteiger partial charge in [0, 0.05) is 5.56 Å². The molecule has 0 radical (unpaired) electrons. The van der Waals surface area contributed by atoms with Crippen LogP contribution in [0.1, 0.15) is 16.1 Å². The second-order valence-corrected chi connectivity index (χ2v) is 5.32. The average molecular weight is 392 g/mol. The Morgan fingerprint density at radius 2 is 2.11 bits per heavy atom. The number of carbonyl (C=O) groups is 1. The predicted molar refractivity (Wildman–Crippen MR) is 76.4 cm³/mol. The number of furan rings is 1. The van der Waals surface area contributed by atoms with Crippen LogP contribution in [0.25, 0.3) is 0 Å². The van der Waals surface area contributed by atoms with Gasteiger partial charge in [0.15, 0.2) is 4.67 Å². The van der Waals surface area contributed by atoms with Gasteiger partial charge in [0.05, 0.1) is 16.7 Å². The van der Waals surface area contributed by atoms with E-state index >= 15 is 0 Å². The Hall–Kier alpha value is -1.34.